The van der Waals surface area contributed by atoms with Crippen molar-refractivity contribution in [3.8, 4) is 0 Å². The summed E-state index contributed by atoms with van der Waals surface area (Å²) in [5.74, 6) is 2.50. The molecule has 1 fully saturated rings. The van der Waals surface area contributed by atoms with Crippen molar-refractivity contribution in [2.75, 3.05) is 6.54 Å². The number of carbonyl (C=O) groups is 1. The van der Waals surface area contributed by atoms with Crippen molar-refractivity contribution in [3.63, 3.8) is 0 Å². The van der Waals surface area contributed by atoms with Gasteiger partial charge in [-0.3, -0.25) is 4.79 Å². The van der Waals surface area contributed by atoms with Gasteiger partial charge >= 0.3 is 0 Å². The smallest absolute Gasteiger partial charge is 0.255 e. The highest BCUT2D eigenvalue weighted by Gasteiger charge is 2.33. The van der Waals surface area contributed by atoms with E-state index in [-0.39, 0.29) is 5.91 Å². The summed E-state index contributed by atoms with van der Waals surface area (Å²) >= 11 is 5.75. The molecule has 1 amide bonds. The molecular formula is C14H14ClN5O. The van der Waals surface area contributed by atoms with Crippen molar-refractivity contribution in [3.05, 3.63) is 40.7 Å². The lowest BCUT2D eigenvalue weighted by atomic mass is 10.2. The summed E-state index contributed by atoms with van der Waals surface area (Å²) in [6.45, 7) is 1.94. The van der Waals surface area contributed by atoms with Crippen LogP contribution in [0.1, 0.15) is 40.8 Å². The first-order chi connectivity index (χ1) is 10.2. The van der Waals surface area contributed by atoms with Crippen LogP contribution in [0.4, 0.5) is 0 Å². The fraction of sp³-hybridized carbons (Fsp3) is 0.429. The van der Waals surface area contributed by atoms with Crippen molar-refractivity contribution < 1.29 is 4.79 Å². The minimum atomic E-state index is -0.0404. The molecule has 0 unspecified atom stereocenters. The highest BCUT2D eigenvalue weighted by atomic mass is 35.5. The van der Waals surface area contributed by atoms with Crippen LogP contribution in [0.25, 0.3) is 0 Å². The molecule has 1 aliphatic heterocycles. The van der Waals surface area contributed by atoms with Crippen LogP contribution in [-0.4, -0.2) is 37.1 Å². The monoisotopic (exact) mass is 303 g/mol. The Morgan fingerprint density at radius 2 is 2.10 bits per heavy atom. The summed E-state index contributed by atoms with van der Waals surface area (Å²) in [5, 5.41) is 8.91. The molecule has 0 aromatic carbocycles. The summed E-state index contributed by atoms with van der Waals surface area (Å²) in [7, 11) is 0. The minimum absolute atomic E-state index is 0.0404. The van der Waals surface area contributed by atoms with E-state index >= 15 is 0 Å². The molecule has 0 saturated heterocycles. The number of amides is 1. The first-order valence-electron chi connectivity index (χ1n) is 7.05. The average Bonchev–Trinajstić information content (AvgIpc) is 3.26. The van der Waals surface area contributed by atoms with E-state index in [1.165, 1.54) is 19.0 Å². The van der Waals surface area contributed by atoms with E-state index in [4.69, 9.17) is 11.6 Å². The van der Waals surface area contributed by atoms with E-state index in [1.54, 1.807) is 17.0 Å². The van der Waals surface area contributed by atoms with Crippen LogP contribution in [0, 0.1) is 0 Å². The number of rotatable bonds is 2. The van der Waals surface area contributed by atoms with E-state index < -0.39 is 0 Å². The lowest BCUT2D eigenvalue weighted by Gasteiger charge is -2.27. The second-order valence-corrected chi connectivity index (χ2v) is 5.88. The maximum Gasteiger partial charge on any atom is 0.255 e. The Balaban J connectivity index is 1.55. The standard InChI is InChI=1S/C14H14ClN5O/c15-11-4-3-10(7-16-11)14(21)19-5-6-20-12(8-19)17-18-13(20)9-1-2-9/h3-4,7,9H,1-2,5-6,8H2. The van der Waals surface area contributed by atoms with Gasteiger partial charge in [0.15, 0.2) is 5.82 Å². The van der Waals surface area contributed by atoms with Gasteiger partial charge < -0.3 is 9.47 Å². The molecule has 7 heteroatoms. The Morgan fingerprint density at radius 3 is 2.81 bits per heavy atom. The minimum Gasteiger partial charge on any atom is -0.329 e. The van der Waals surface area contributed by atoms with Gasteiger partial charge in [0, 0.05) is 25.2 Å². The first kappa shape index (κ1) is 12.8. The van der Waals surface area contributed by atoms with E-state index in [0.717, 1.165) is 18.2 Å². The maximum atomic E-state index is 12.5. The van der Waals surface area contributed by atoms with Crippen molar-refractivity contribution in [1.82, 2.24) is 24.6 Å². The SMILES string of the molecule is O=C(c1ccc(Cl)nc1)N1CCn2c(nnc2C2CC2)C1. The number of hydrogen-bond donors (Lipinski definition) is 0. The molecule has 108 valence electrons. The van der Waals surface area contributed by atoms with Gasteiger partial charge in [-0.1, -0.05) is 11.6 Å². The molecule has 0 atom stereocenters. The maximum absolute atomic E-state index is 12.5. The van der Waals surface area contributed by atoms with E-state index in [1.807, 2.05) is 0 Å². The van der Waals surface area contributed by atoms with Gasteiger partial charge in [-0.25, -0.2) is 4.98 Å². The summed E-state index contributed by atoms with van der Waals surface area (Å²) < 4.78 is 2.17. The molecular weight excluding hydrogens is 290 g/mol. The largest absolute Gasteiger partial charge is 0.329 e. The van der Waals surface area contributed by atoms with Crippen LogP contribution in [0.5, 0.6) is 0 Å². The average molecular weight is 304 g/mol. The summed E-state index contributed by atoms with van der Waals surface area (Å²) in [6.07, 6.45) is 3.92. The zero-order chi connectivity index (χ0) is 14.4. The van der Waals surface area contributed by atoms with Crippen LogP contribution in [-0.2, 0) is 13.1 Å². The lowest BCUT2D eigenvalue weighted by Crippen LogP contribution is -2.38. The van der Waals surface area contributed by atoms with E-state index in [9.17, 15) is 4.79 Å². The molecule has 2 aliphatic rings. The fourth-order valence-electron chi connectivity index (χ4n) is 2.68. The first-order valence-corrected chi connectivity index (χ1v) is 7.43. The zero-order valence-corrected chi connectivity index (χ0v) is 12.1. The van der Waals surface area contributed by atoms with Gasteiger partial charge in [0.2, 0.25) is 0 Å². The fourth-order valence-corrected chi connectivity index (χ4v) is 2.79. The molecule has 4 rings (SSSR count). The van der Waals surface area contributed by atoms with Crippen molar-refractivity contribution >= 4 is 17.5 Å². The highest BCUT2D eigenvalue weighted by molar-refractivity contribution is 6.29. The topological polar surface area (TPSA) is 63.9 Å². The Bertz CT molecular complexity index is 692. The van der Waals surface area contributed by atoms with Crippen molar-refractivity contribution in [1.29, 1.82) is 0 Å². The molecule has 1 saturated carbocycles. The Hall–Kier alpha value is -1.95. The number of pyridine rings is 1. The second-order valence-electron chi connectivity index (χ2n) is 5.50. The lowest BCUT2D eigenvalue weighted by molar-refractivity contribution is 0.0706. The van der Waals surface area contributed by atoms with Crippen LogP contribution < -0.4 is 0 Å². The van der Waals surface area contributed by atoms with Crippen molar-refractivity contribution in [2.24, 2.45) is 0 Å². The molecule has 6 nitrogen and oxygen atoms in total. The number of carbonyl (C=O) groups excluding carboxylic acids is 1. The third-order valence-electron chi connectivity index (χ3n) is 3.99. The van der Waals surface area contributed by atoms with Crippen LogP contribution in [0.15, 0.2) is 18.3 Å². The predicted octanol–water partition coefficient (Wildman–Crippen LogP) is 1.86. The van der Waals surface area contributed by atoms with Gasteiger partial charge in [0.1, 0.15) is 11.0 Å². The quantitative estimate of drug-likeness (QED) is 0.794. The normalized spacial score (nSPS) is 17.7. The highest BCUT2D eigenvalue weighted by Crippen LogP contribution is 2.39. The van der Waals surface area contributed by atoms with Crippen molar-refractivity contribution in [2.45, 2.75) is 31.8 Å². The molecule has 0 spiro atoms. The second kappa shape index (κ2) is 4.80. The van der Waals surface area contributed by atoms with E-state index in [0.29, 0.717) is 29.7 Å². The van der Waals surface area contributed by atoms with Gasteiger partial charge in [-0.05, 0) is 25.0 Å². The number of nitrogens with zero attached hydrogens (tertiary/aromatic N) is 5. The zero-order valence-electron chi connectivity index (χ0n) is 11.4. The molecule has 3 heterocycles. The van der Waals surface area contributed by atoms with Crippen LogP contribution >= 0.6 is 11.6 Å². The molecule has 0 radical (unpaired) electrons. The molecule has 0 bridgehead atoms. The number of halogens is 1. The summed E-state index contributed by atoms with van der Waals surface area (Å²) in [5.41, 5.74) is 0.551. The van der Waals surface area contributed by atoms with Gasteiger partial charge in [-0.15, -0.1) is 10.2 Å². The van der Waals surface area contributed by atoms with E-state index in [2.05, 4.69) is 19.7 Å². The van der Waals surface area contributed by atoms with Gasteiger partial charge in [-0.2, -0.15) is 0 Å². The molecule has 0 N–H and O–H groups in total. The Morgan fingerprint density at radius 1 is 1.24 bits per heavy atom. The third-order valence-corrected chi connectivity index (χ3v) is 4.21. The van der Waals surface area contributed by atoms with Gasteiger partial charge in [0.05, 0.1) is 12.1 Å². The summed E-state index contributed by atoms with van der Waals surface area (Å²) in [4.78, 5) is 18.2. The summed E-state index contributed by atoms with van der Waals surface area (Å²) in [6, 6.07) is 3.33. The molecule has 1 aliphatic carbocycles. The molecule has 2 aromatic heterocycles. The number of fused-ring (bicyclic) bond motifs is 1. The predicted molar refractivity (Wildman–Crippen MR) is 76.0 cm³/mol. The van der Waals surface area contributed by atoms with Gasteiger partial charge in [0.25, 0.3) is 5.91 Å². The van der Waals surface area contributed by atoms with Crippen LogP contribution in [0.3, 0.4) is 0 Å². The Kier molecular flexibility index (Phi) is 2.92. The van der Waals surface area contributed by atoms with Crippen LogP contribution in [0.2, 0.25) is 5.15 Å². The third kappa shape index (κ3) is 2.29. The number of hydrogen-bond acceptors (Lipinski definition) is 4. The molecule has 2 aromatic rings. The number of aromatic nitrogens is 4. The Labute approximate surface area is 126 Å². The molecule has 21 heavy (non-hydrogen) atoms.